The number of hydrogen-bond donors (Lipinski definition) is 1. The van der Waals surface area contributed by atoms with Crippen LogP contribution in [0.5, 0.6) is 0 Å². The first kappa shape index (κ1) is 9.43. The molecule has 10 heavy (non-hydrogen) atoms. The Balaban J connectivity index is 2.84. The summed E-state index contributed by atoms with van der Waals surface area (Å²) in [5.74, 6) is -0.811. The van der Waals surface area contributed by atoms with Crippen molar-refractivity contribution in [1.29, 1.82) is 0 Å². The lowest BCUT2D eigenvalue weighted by Gasteiger charge is -1.98. The number of carboxylic acid groups (broad SMARTS) is 1. The number of unbranched alkanes of at least 4 members (excludes halogenated alkanes) is 1. The van der Waals surface area contributed by atoms with Gasteiger partial charge in [0.2, 0.25) is 0 Å². The SMILES string of the molecule is [CH2]CCCOCCC(=O)O. The van der Waals surface area contributed by atoms with Crippen LogP contribution in [0.15, 0.2) is 0 Å². The smallest absolute Gasteiger partial charge is 0.305 e. The lowest BCUT2D eigenvalue weighted by molar-refractivity contribution is -0.138. The number of aliphatic carboxylic acids is 1. The van der Waals surface area contributed by atoms with Crippen molar-refractivity contribution in [2.24, 2.45) is 0 Å². The number of hydrogen-bond acceptors (Lipinski definition) is 2. The number of carbonyl (C=O) groups is 1. The molecular formula is C7H13O3. The van der Waals surface area contributed by atoms with Crippen molar-refractivity contribution in [2.75, 3.05) is 13.2 Å². The van der Waals surface area contributed by atoms with Crippen LogP contribution in [0.3, 0.4) is 0 Å². The maximum atomic E-state index is 9.94. The summed E-state index contributed by atoms with van der Waals surface area (Å²) in [5.41, 5.74) is 0. The number of rotatable bonds is 6. The third-order valence-electron chi connectivity index (χ3n) is 0.999. The van der Waals surface area contributed by atoms with Crippen molar-refractivity contribution in [1.82, 2.24) is 0 Å². The Hall–Kier alpha value is -0.570. The molecule has 0 amide bonds. The molecule has 0 spiro atoms. The molecular weight excluding hydrogens is 132 g/mol. The Bertz CT molecular complexity index is 90.9. The quantitative estimate of drug-likeness (QED) is 0.569. The first-order chi connectivity index (χ1) is 4.77. The molecule has 59 valence electrons. The highest BCUT2D eigenvalue weighted by molar-refractivity contribution is 5.66. The predicted octanol–water partition coefficient (Wildman–Crippen LogP) is 1.09. The van der Waals surface area contributed by atoms with Gasteiger partial charge in [-0.1, -0.05) is 13.3 Å². The Morgan fingerprint density at radius 2 is 2.20 bits per heavy atom. The van der Waals surface area contributed by atoms with E-state index in [1.807, 2.05) is 0 Å². The van der Waals surface area contributed by atoms with Gasteiger partial charge in [0.25, 0.3) is 0 Å². The Morgan fingerprint density at radius 1 is 1.50 bits per heavy atom. The summed E-state index contributed by atoms with van der Waals surface area (Å²) in [6.07, 6.45) is 1.84. The fourth-order valence-electron chi connectivity index (χ4n) is 0.466. The van der Waals surface area contributed by atoms with Gasteiger partial charge in [0.15, 0.2) is 0 Å². The van der Waals surface area contributed by atoms with Gasteiger partial charge in [-0.25, -0.2) is 0 Å². The predicted molar refractivity (Wildman–Crippen MR) is 37.7 cm³/mol. The minimum absolute atomic E-state index is 0.0944. The lowest BCUT2D eigenvalue weighted by Crippen LogP contribution is -2.03. The van der Waals surface area contributed by atoms with Crippen LogP contribution in [0, 0.1) is 6.92 Å². The maximum absolute atomic E-state index is 9.94. The molecule has 0 rings (SSSR count). The molecule has 0 saturated carbocycles. The minimum atomic E-state index is -0.811. The molecule has 3 heteroatoms. The summed E-state index contributed by atoms with van der Waals surface area (Å²) >= 11 is 0. The van der Waals surface area contributed by atoms with E-state index in [4.69, 9.17) is 9.84 Å². The standard InChI is InChI=1S/C7H13O3/c1-2-3-5-10-6-4-7(8)9/h1-6H2,(H,8,9). The van der Waals surface area contributed by atoms with Gasteiger partial charge in [0, 0.05) is 6.61 Å². The zero-order valence-corrected chi connectivity index (χ0v) is 6.01. The molecule has 0 aromatic carbocycles. The maximum Gasteiger partial charge on any atom is 0.305 e. The highest BCUT2D eigenvalue weighted by atomic mass is 16.5. The summed E-state index contributed by atoms with van der Waals surface area (Å²) in [6, 6.07) is 0. The van der Waals surface area contributed by atoms with Gasteiger partial charge in [-0.05, 0) is 6.42 Å². The summed E-state index contributed by atoms with van der Waals surface area (Å²) < 4.78 is 4.96. The number of carboxylic acids is 1. The van der Waals surface area contributed by atoms with E-state index < -0.39 is 5.97 Å². The zero-order valence-electron chi connectivity index (χ0n) is 6.01. The van der Waals surface area contributed by atoms with E-state index in [0.717, 1.165) is 12.8 Å². The van der Waals surface area contributed by atoms with Gasteiger partial charge >= 0.3 is 5.97 Å². The van der Waals surface area contributed by atoms with Crippen molar-refractivity contribution < 1.29 is 14.6 Å². The van der Waals surface area contributed by atoms with Gasteiger partial charge in [-0.15, -0.1) is 0 Å². The second-order valence-electron chi connectivity index (χ2n) is 1.96. The molecule has 0 aromatic heterocycles. The molecule has 0 aliphatic rings. The number of ether oxygens (including phenoxy) is 1. The molecule has 0 saturated heterocycles. The molecule has 3 nitrogen and oxygen atoms in total. The second-order valence-corrected chi connectivity index (χ2v) is 1.96. The van der Waals surface area contributed by atoms with Gasteiger partial charge in [0.1, 0.15) is 0 Å². The summed E-state index contributed by atoms with van der Waals surface area (Å²) in [6.45, 7) is 4.56. The van der Waals surface area contributed by atoms with Gasteiger partial charge in [0.05, 0.1) is 13.0 Å². The highest BCUT2D eigenvalue weighted by Crippen LogP contribution is 1.88. The van der Waals surface area contributed by atoms with Gasteiger partial charge in [-0.3, -0.25) is 4.79 Å². The van der Waals surface area contributed by atoms with Crippen molar-refractivity contribution in [3.05, 3.63) is 6.92 Å². The zero-order chi connectivity index (χ0) is 7.82. The molecule has 0 aliphatic heterocycles. The van der Waals surface area contributed by atoms with Crippen molar-refractivity contribution >= 4 is 5.97 Å². The summed E-state index contributed by atoms with van der Waals surface area (Å²) in [5, 5.41) is 8.18. The lowest BCUT2D eigenvalue weighted by atomic mass is 10.4. The molecule has 0 bridgehead atoms. The molecule has 1 radical (unpaired) electrons. The average Bonchev–Trinajstić information content (AvgIpc) is 1.87. The van der Waals surface area contributed by atoms with Gasteiger partial charge in [-0.2, -0.15) is 0 Å². The van der Waals surface area contributed by atoms with Crippen molar-refractivity contribution in [3.8, 4) is 0 Å². The molecule has 0 fully saturated rings. The molecule has 1 N–H and O–H groups in total. The van der Waals surface area contributed by atoms with Crippen molar-refractivity contribution in [2.45, 2.75) is 19.3 Å². The molecule has 0 unspecified atom stereocenters. The van der Waals surface area contributed by atoms with Crippen LogP contribution in [0.25, 0.3) is 0 Å². The third-order valence-corrected chi connectivity index (χ3v) is 0.999. The second kappa shape index (κ2) is 6.55. The van der Waals surface area contributed by atoms with E-state index in [1.165, 1.54) is 0 Å². The van der Waals surface area contributed by atoms with Crippen LogP contribution in [-0.2, 0) is 9.53 Å². The summed E-state index contributed by atoms with van der Waals surface area (Å²) in [4.78, 5) is 9.94. The normalized spacial score (nSPS) is 9.70. The van der Waals surface area contributed by atoms with E-state index in [0.29, 0.717) is 13.2 Å². The van der Waals surface area contributed by atoms with Crippen LogP contribution in [0.4, 0.5) is 0 Å². The first-order valence-electron chi connectivity index (χ1n) is 3.36. The van der Waals surface area contributed by atoms with Crippen LogP contribution < -0.4 is 0 Å². The monoisotopic (exact) mass is 145 g/mol. The topological polar surface area (TPSA) is 46.5 Å². The molecule has 0 heterocycles. The Kier molecular flexibility index (Phi) is 6.18. The fourth-order valence-corrected chi connectivity index (χ4v) is 0.466. The third kappa shape index (κ3) is 7.43. The Labute approximate surface area is 61.0 Å². The first-order valence-corrected chi connectivity index (χ1v) is 3.36. The van der Waals surface area contributed by atoms with E-state index in [1.54, 1.807) is 0 Å². The van der Waals surface area contributed by atoms with E-state index in [9.17, 15) is 4.79 Å². The minimum Gasteiger partial charge on any atom is -0.481 e. The van der Waals surface area contributed by atoms with E-state index in [-0.39, 0.29) is 6.42 Å². The fraction of sp³-hybridized carbons (Fsp3) is 0.714. The van der Waals surface area contributed by atoms with Crippen molar-refractivity contribution in [3.63, 3.8) is 0 Å². The van der Waals surface area contributed by atoms with Crippen LogP contribution >= 0.6 is 0 Å². The van der Waals surface area contributed by atoms with E-state index >= 15 is 0 Å². The molecule has 0 aliphatic carbocycles. The highest BCUT2D eigenvalue weighted by Gasteiger charge is 1.94. The van der Waals surface area contributed by atoms with Crippen LogP contribution in [-0.4, -0.2) is 24.3 Å². The van der Waals surface area contributed by atoms with Crippen LogP contribution in [0.1, 0.15) is 19.3 Å². The summed E-state index contributed by atoms with van der Waals surface area (Å²) in [7, 11) is 0. The Morgan fingerprint density at radius 3 is 2.70 bits per heavy atom. The molecule has 0 atom stereocenters. The van der Waals surface area contributed by atoms with Gasteiger partial charge < -0.3 is 9.84 Å². The molecule has 0 aromatic rings. The largest absolute Gasteiger partial charge is 0.481 e. The van der Waals surface area contributed by atoms with Crippen LogP contribution in [0.2, 0.25) is 0 Å². The average molecular weight is 145 g/mol. The van der Waals surface area contributed by atoms with E-state index in [2.05, 4.69) is 6.92 Å².